The number of carbonyl (C=O) groups is 2. The highest BCUT2D eigenvalue weighted by Gasteiger charge is 2.39. The molecule has 3 heterocycles. The van der Waals surface area contributed by atoms with E-state index in [1.165, 1.54) is 22.9 Å². The number of hydrogen-bond donors (Lipinski definition) is 0. The van der Waals surface area contributed by atoms with Gasteiger partial charge in [0.1, 0.15) is 18.0 Å². The van der Waals surface area contributed by atoms with E-state index in [2.05, 4.69) is 14.9 Å². The van der Waals surface area contributed by atoms with Gasteiger partial charge in [-0.1, -0.05) is 42.1 Å². The van der Waals surface area contributed by atoms with Crippen molar-refractivity contribution in [1.29, 1.82) is 0 Å². The van der Waals surface area contributed by atoms with Gasteiger partial charge in [-0.2, -0.15) is 0 Å². The molecule has 1 fully saturated rings. The van der Waals surface area contributed by atoms with Crippen molar-refractivity contribution < 1.29 is 14.3 Å². The lowest BCUT2D eigenvalue weighted by Crippen LogP contribution is -2.43. The maximum absolute atomic E-state index is 13.0. The summed E-state index contributed by atoms with van der Waals surface area (Å²) in [6.45, 7) is 1.26. The minimum atomic E-state index is -0.627. The molecule has 2 aliphatic heterocycles. The lowest BCUT2D eigenvalue weighted by Gasteiger charge is -2.25. The first-order chi connectivity index (χ1) is 13.2. The molecule has 4 rings (SSSR count). The van der Waals surface area contributed by atoms with Crippen LogP contribution in [0.25, 0.3) is 0 Å². The van der Waals surface area contributed by atoms with Crippen molar-refractivity contribution in [1.82, 2.24) is 14.9 Å². The number of benzene rings is 1. The maximum atomic E-state index is 13.0. The molecule has 0 bridgehead atoms. The summed E-state index contributed by atoms with van der Waals surface area (Å²) >= 11 is 1.43. The summed E-state index contributed by atoms with van der Waals surface area (Å²) in [6, 6.07) is 9.48. The molecule has 8 heteroatoms. The Bertz CT molecular complexity index is 861. The number of imide groups is 1. The van der Waals surface area contributed by atoms with Gasteiger partial charge >= 0.3 is 6.09 Å². The Morgan fingerprint density at radius 1 is 1.33 bits per heavy atom. The van der Waals surface area contributed by atoms with E-state index < -0.39 is 12.0 Å². The lowest BCUT2D eigenvalue weighted by atomic mass is 10.2. The largest absolute Gasteiger partial charge is 0.444 e. The number of thioether (sulfide) groups is 1. The zero-order valence-electron chi connectivity index (χ0n) is 15.0. The maximum Gasteiger partial charge on any atom is 0.417 e. The zero-order chi connectivity index (χ0) is 18.8. The Balaban J connectivity index is 1.60. The van der Waals surface area contributed by atoms with Crippen LogP contribution in [0.4, 0.5) is 10.6 Å². The van der Waals surface area contributed by atoms with Crippen LogP contribution in [-0.2, 0) is 11.3 Å². The summed E-state index contributed by atoms with van der Waals surface area (Å²) in [7, 11) is 0. The highest BCUT2D eigenvalue weighted by Crippen LogP contribution is 2.32. The molecule has 1 aromatic carbocycles. The van der Waals surface area contributed by atoms with Gasteiger partial charge in [-0.05, 0) is 24.7 Å². The monoisotopic (exact) mass is 384 g/mol. The molecule has 2 aliphatic rings. The van der Waals surface area contributed by atoms with Gasteiger partial charge in [-0.3, -0.25) is 4.79 Å². The molecule has 7 nitrogen and oxygen atoms in total. The quantitative estimate of drug-likeness (QED) is 0.595. The molecule has 0 aliphatic carbocycles. The van der Waals surface area contributed by atoms with Crippen LogP contribution in [0.2, 0.25) is 0 Å². The number of ether oxygens (including phenoxy) is 1. The van der Waals surface area contributed by atoms with Crippen LogP contribution in [0, 0.1) is 0 Å². The first-order valence-electron chi connectivity index (χ1n) is 8.87. The van der Waals surface area contributed by atoms with Gasteiger partial charge in [0, 0.05) is 18.8 Å². The molecule has 1 saturated heterocycles. The van der Waals surface area contributed by atoms with Crippen LogP contribution < -0.4 is 4.90 Å². The van der Waals surface area contributed by atoms with Gasteiger partial charge in [-0.15, -0.1) is 0 Å². The molecule has 27 heavy (non-hydrogen) atoms. The van der Waals surface area contributed by atoms with Crippen LogP contribution in [0.3, 0.4) is 0 Å². The average molecular weight is 384 g/mol. The van der Waals surface area contributed by atoms with E-state index in [1.807, 2.05) is 36.6 Å². The van der Waals surface area contributed by atoms with Crippen LogP contribution in [0.5, 0.6) is 0 Å². The number of hydrogen-bond acceptors (Lipinski definition) is 7. The second kappa shape index (κ2) is 7.56. The fraction of sp³-hybridized carbons (Fsp3) is 0.368. The van der Waals surface area contributed by atoms with E-state index >= 15 is 0 Å². The Kier molecular flexibility index (Phi) is 4.98. The highest BCUT2D eigenvalue weighted by molar-refractivity contribution is 7.98. The summed E-state index contributed by atoms with van der Waals surface area (Å²) < 4.78 is 5.40. The summed E-state index contributed by atoms with van der Waals surface area (Å²) in [6.07, 6.45) is 4.71. The van der Waals surface area contributed by atoms with Gasteiger partial charge in [0.25, 0.3) is 5.91 Å². The van der Waals surface area contributed by atoms with E-state index in [1.54, 1.807) is 0 Å². The molecule has 1 unspecified atom stereocenters. The number of anilines is 1. The molecule has 1 aromatic heterocycles. The number of nitrogens with zero attached hydrogens (tertiary/aromatic N) is 4. The zero-order valence-corrected chi connectivity index (χ0v) is 15.8. The average Bonchev–Trinajstić information content (AvgIpc) is 3.14. The van der Waals surface area contributed by atoms with Crippen molar-refractivity contribution in [3.8, 4) is 0 Å². The van der Waals surface area contributed by atoms with E-state index in [9.17, 15) is 9.59 Å². The van der Waals surface area contributed by atoms with Crippen molar-refractivity contribution in [2.75, 3.05) is 24.2 Å². The second-order valence-corrected chi connectivity index (χ2v) is 7.31. The van der Waals surface area contributed by atoms with E-state index in [-0.39, 0.29) is 12.6 Å². The van der Waals surface area contributed by atoms with E-state index in [0.29, 0.717) is 23.1 Å². The van der Waals surface area contributed by atoms with Gasteiger partial charge in [0.15, 0.2) is 5.16 Å². The molecule has 0 saturated carbocycles. The fourth-order valence-corrected chi connectivity index (χ4v) is 3.86. The predicted octanol–water partition coefficient (Wildman–Crippen LogP) is 2.96. The SMILES string of the molecule is CSc1ncc2c(n1)N1CCCC1CN(C(=O)OCc1ccccc1)C2=O. The van der Waals surface area contributed by atoms with Crippen LogP contribution in [0.15, 0.2) is 41.7 Å². The predicted molar refractivity (Wildman–Crippen MR) is 102 cm³/mol. The topological polar surface area (TPSA) is 75.6 Å². The Morgan fingerprint density at radius 2 is 2.15 bits per heavy atom. The van der Waals surface area contributed by atoms with Gasteiger partial charge in [-0.25, -0.2) is 19.7 Å². The summed E-state index contributed by atoms with van der Waals surface area (Å²) in [5, 5.41) is 0.618. The second-order valence-electron chi connectivity index (χ2n) is 6.54. The number of rotatable bonds is 3. The van der Waals surface area contributed by atoms with Crippen LogP contribution in [-0.4, -0.2) is 52.3 Å². The minimum Gasteiger partial charge on any atom is -0.444 e. The summed E-state index contributed by atoms with van der Waals surface area (Å²) in [5.41, 5.74) is 1.23. The number of amides is 2. The van der Waals surface area contributed by atoms with E-state index in [0.717, 1.165) is 24.9 Å². The summed E-state index contributed by atoms with van der Waals surface area (Å²) in [5.74, 6) is 0.227. The standard InChI is InChI=1S/C19H20N4O3S/c1-27-18-20-10-15-16(21-18)22-9-5-8-14(22)11-23(17(15)24)19(25)26-12-13-6-3-2-4-7-13/h2-4,6-7,10,14H,5,8-9,11-12H2,1H3. The van der Waals surface area contributed by atoms with Gasteiger partial charge in [0.05, 0.1) is 6.54 Å². The van der Waals surface area contributed by atoms with Crippen molar-refractivity contribution in [2.24, 2.45) is 0 Å². The molecular weight excluding hydrogens is 364 g/mol. The molecular formula is C19H20N4O3S. The molecule has 0 radical (unpaired) electrons. The van der Waals surface area contributed by atoms with Gasteiger partial charge < -0.3 is 9.64 Å². The fourth-order valence-electron chi connectivity index (χ4n) is 3.52. The van der Waals surface area contributed by atoms with Crippen molar-refractivity contribution in [3.05, 3.63) is 47.7 Å². The highest BCUT2D eigenvalue weighted by atomic mass is 32.2. The normalized spacial score (nSPS) is 18.7. The molecule has 140 valence electrons. The Labute approximate surface area is 161 Å². The molecule has 0 spiro atoms. The molecule has 2 amide bonds. The number of aromatic nitrogens is 2. The number of fused-ring (bicyclic) bond motifs is 3. The summed E-state index contributed by atoms with van der Waals surface area (Å²) in [4.78, 5) is 37.8. The molecule has 1 atom stereocenters. The van der Waals surface area contributed by atoms with Gasteiger partial charge in [0.2, 0.25) is 0 Å². The molecule has 2 aromatic rings. The van der Waals surface area contributed by atoms with Crippen molar-refractivity contribution in [3.63, 3.8) is 0 Å². The molecule has 0 N–H and O–H groups in total. The first kappa shape index (κ1) is 17.8. The third-order valence-corrected chi connectivity index (χ3v) is 5.43. The first-order valence-corrected chi connectivity index (χ1v) is 10.1. The van der Waals surface area contributed by atoms with Crippen molar-refractivity contribution in [2.45, 2.75) is 30.6 Å². The number of carbonyl (C=O) groups excluding carboxylic acids is 2. The lowest BCUT2D eigenvalue weighted by molar-refractivity contribution is 0.0638. The van der Waals surface area contributed by atoms with Crippen LogP contribution in [0.1, 0.15) is 28.8 Å². The smallest absolute Gasteiger partial charge is 0.417 e. The van der Waals surface area contributed by atoms with Crippen LogP contribution >= 0.6 is 11.8 Å². The van der Waals surface area contributed by atoms with E-state index in [4.69, 9.17) is 4.74 Å². The van der Waals surface area contributed by atoms with Crippen molar-refractivity contribution >= 4 is 29.6 Å². The third-order valence-electron chi connectivity index (χ3n) is 4.87. The Morgan fingerprint density at radius 3 is 2.93 bits per heavy atom. The third kappa shape index (κ3) is 3.49. The minimum absolute atomic E-state index is 0.0593. The Hall–Kier alpha value is -2.61.